The fourth-order valence-electron chi connectivity index (χ4n) is 0.763. The van der Waals surface area contributed by atoms with Crippen molar-refractivity contribution in [2.75, 3.05) is 27.4 Å². The highest BCUT2D eigenvalue weighted by Crippen LogP contribution is 2.12. The largest absolute Gasteiger partial charge is 0.380 e. The van der Waals surface area contributed by atoms with Crippen molar-refractivity contribution in [3.05, 3.63) is 0 Å². The van der Waals surface area contributed by atoms with Gasteiger partial charge < -0.3 is 14.8 Å². The van der Waals surface area contributed by atoms with Crippen LogP contribution in [0.4, 0.5) is 0 Å². The normalized spacial score (nSPS) is 14.5. The second-order valence-electron chi connectivity index (χ2n) is 3.98. The van der Waals surface area contributed by atoms with E-state index in [-0.39, 0.29) is 5.60 Å². The lowest BCUT2D eigenvalue weighted by Crippen LogP contribution is -2.29. The fourth-order valence-corrected chi connectivity index (χ4v) is 0.763. The van der Waals surface area contributed by atoms with E-state index < -0.39 is 0 Å². The lowest BCUT2D eigenvalue weighted by atomic mass is 10.1. The van der Waals surface area contributed by atoms with Crippen molar-refractivity contribution < 1.29 is 9.47 Å². The molecule has 0 radical (unpaired) electrons. The van der Waals surface area contributed by atoms with Crippen LogP contribution in [0.25, 0.3) is 0 Å². The molecule has 0 amide bonds. The first-order chi connectivity index (χ1) is 6.02. The van der Waals surface area contributed by atoms with Crippen molar-refractivity contribution in [2.24, 2.45) is 0 Å². The molecule has 0 rings (SSSR count). The number of nitrogens with one attached hydrogen (secondary N) is 1. The highest BCUT2D eigenvalue weighted by Gasteiger charge is 2.15. The van der Waals surface area contributed by atoms with Gasteiger partial charge in [0.25, 0.3) is 0 Å². The summed E-state index contributed by atoms with van der Waals surface area (Å²) in [5.74, 6) is 0. The van der Waals surface area contributed by atoms with Gasteiger partial charge in [-0.05, 0) is 34.2 Å². The summed E-state index contributed by atoms with van der Waals surface area (Å²) < 4.78 is 10.8. The summed E-state index contributed by atoms with van der Waals surface area (Å²) in [6, 6.07) is 0.422. The molecule has 1 N–H and O–H groups in total. The molecular weight excluding hydrogens is 166 g/mol. The minimum absolute atomic E-state index is 0.0666. The molecule has 0 saturated carbocycles. The number of likely N-dealkylation sites (N-methyl/N-ethyl adjacent to an activating group) is 1. The molecule has 0 aliphatic carbocycles. The molecule has 80 valence electrons. The zero-order chi connectivity index (χ0) is 10.3. The first-order valence-electron chi connectivity index (χ1n) is 4.82. The van der Waals surface area contributed by atoms with E-state index in [0.717, 1.165) is 19.6 Å². The Morgan fingerprint density at radius 3 is 2.46 bits per heavy atom. The van der Waals surface area contributed by atoms with Crippen LogP contribution in [-0.4, -0.2) is 39.0 Å². The van der Waals surface area contributed by atoms with Crippen LogP contribution < -0.4 is 5.32 Å². The SMILES string of the molecule is CNC(C)COCCC(C)(C)OC. The van der Waals surface area contributed by atoms with Crippen LogP contribution >= 0.6 is 0 Å². The third-order valence-corrected chi connectivity index (χ3v) is 2.26. The minimum atomic E-state index is -0.0666. The van der Waals surface area contributed by atoms with Gasteiger partial charge in [-0.15, -0.1) is 0 Å². The number of ether oxygens (including phenoxy) is 2. The van der Waals surface area contributed by atoms with E-state index >= 15 is 0 Å². The first-order valence-corrected chi connectivity index (χ1v) is 4.82. The summed E-state index contributed by atoms with van der Waals surface area (Å²) in [7, 11) is 3.67. The van der Waals surface area contributed by atoms with E-state index in [1.54, 1.807) is 7.11 Å². The lowest BCUT2D eigenvalue weighted by molar-refractivity contribution is -0.0116. The summed E-state index contributed by atoms with van der Waals surface area (Å²) in [5.41, 5.74) is -0.0666. The molecule has 0 aromatic heterocycles. The predicted molar refractivity (Wildman–Crippen MR) is 55.0 cm³/mol. The lowest BCUT2D eigenvalue weighted by Gasteiger charge is -2.22. The summed E-state index contributed by atoms with van der Waals surface area (Å²) in [5, 5.41) is 3.12. The van der Waals surface area contributed by atoms with Crippen molar-refractivity contribution in [3.63, 3.8) is 0 Å². The first kappa shape index (κ1) is 12.9. The highest BCUT2D eigenvalue weighted by atomic mass is 16.5. The molecule has 0 heterocycles. The average molecular weight is 189 g/mol. The van der Waals surface area contributed by atoms with E-state index in [0.29, 0.717) is 6.04 Å². The Labute approximate surface area is 81.8 Å². The second-order valence-corrected chi connectivity index (χ2v) is 3.98. The Bertz CT molecular complexity index is 126. The van der Waals surface area contributed by atoms with Crippen molar-refractivity contribution in [1.29, 1.82) is 0 Å². The Morgan fingerprint density at radius 1 is 1.38 bits per heavy atom. The van der Waals surface area contributed by atoms with Gasteiger partial charge >= 0.3 is 0 Å². The maximum Gasteiger partial charge on any atom is 0.0644 e. The third-order valence-electron chi connectivity index (χ3n) is 2.26. The molecular formula is C10H23NO2. The van der Waals surface area contributed by atoms with Crippen LogP contribution in [0.3, 0.4) is 0 Å². The van der Waals surface area contributed by atoms with E-state index in [9.17, 15) is 0 Å². The topological polar surface area (TPSA) is 30.5 Å². The van der Waals surface area contributed by atoms with Gasteiger partial charge in [0.05, 0.1) is 12.2 Å². The van der Waals surface area contributed by atoms with Gasteiger partial charge in [0.2, 0.25) is 0 Å². The molecule has 3 nitrogen and oxygen atoms in total. The van der Waals surface area contributed by atoms with Gasteiger partial charge in [-0.2, -0.15) is 0 Å². The number of hydrogen-bond donors (Lipinski definition) is 1. The number of rotatable bonds is 7. The quantitative estimate of drug-likeness (QED) is 0.614. The summed E-state index contributed by atoms with van der Waals surface area (Å²) >= 11 is 0. The van der Waals surface area contributed by atoms with Gasteiger partial charge in [0, 0.05) is 19.8 Å². The molecule has 0 saturated heterocycles. The van der Waals surface area contributed by atoms with Crippen LogP contribution in [0.1, 0.15) is 27.2 Å². The molecule has 0 aliphatic rings. The molecule has 0 aromatic carbocycles. The second kappa shape index (κ2) is 6.35. The van der Waals surface area contributed by atoms with Crippen molar-refractivity contribution in [2.45, 2.75) is 38.8 Å². The van der Waals surface area contributed by atoms with Gasteiger partial charge in [0.15, 0.2) is 0 Å². The van der Waals surface area contributed by atoms with Gasteiger partial charge in [-0.25, -0.2) is 0 Å². The predicted octanol–water partition coefficient (Wildman–Crippen LogP) is 1.43. The van der Waals surface area contributed by atoms with E-state index in [2.05, 4.69) is 26.1 Å². The molecule has 0 spiro atoms. The third kappa shape index (κ3) is 6.99. The average Bonchev–Trinajstić information content (AvgIpc) is 2.12. The van der Waals surface area contributed by atoms with E-state index in [1.165, 1.54) is 0 Å². The molecule has 0 aromatic rings. The fraction of sp³-hybridized carbons (Fsp3) is 1.00. The minimum Gasteiger partial charge on any atom is -0.380 e. The Hall–Kier alpha value is -0.120. The highest BCUT2D eigenvalue weighted by molar-refractivity contribution is 4.66. The zero-order valence-electron chi connectivity index (χ0n) is 9.52. The van der Waals surface area contributed by atoms with E-state index in [1.807, 2.05) is 7.05 Å². The Morgan fingerprint density at radius 2 is 2.00 bits per heavy atom. The van der Waals surface area contributed by atoms with E-state index in [4.69, 9.17) is 9.47 Å². The summed E-state index contributed by atoms with van der Waals surface area (Å²) in [6.45, 7) is 7.75. The van der Waals surface area contributed by atoms with Gasteiger partial charge in [0.1, 0.15) is 0 Å². The molecule has 0 fully saturated rings. The summed E-state index contributed by atoms with van der Waals surface area (Å²) in [4.78, 5) is 0. The van der Waals surface area contributed by atoms with Crippen molar-refractivity contribution in [3.8, 4) is 0 Å². The summed E-state index contributed by atoms with van der Waals surface area (Å²) in [6.07, 6.45) is 0.930. The van der Waals surface area contributed by atoms with Crippen LogP contribution in [-0.2, 0) is 9.47 Å². The van der Waals surface area contributed by atoms with Crippen LogP contribution in [0, 0.1) is 0 Å². The van der Waals surface area contributed by atoms with Crippen LogP contribution in [0.2, 0.25) is 0 Å². The molecule has 1 atom stereocenters. The van der Waals surface area contributed by atoms with Gasteiger partial charge in [-0.3, -0.25) is 0 Å². The number of hydrogen-bond acceptors (Lipinski definition) is 3. The number of methoxy groups -OCH3 is 1. The van der Waals surface area contributed by atoms with Crippen LogP contribution in [0.15, 0.2) is 0 Å². The standard InChI is InChI=1S/C10H23NO2/c1-9(11-4)8-13-7-6-10(2,3)12-5/h9,11H,6-8H2,1-5H3. The van der Waals surface area contributed by atoms with Crippen molar-refractivity contribution in [1.82, 2.24) is 5.32 Å². The maximum atomic E-state index is 5.48. The Kier molecular flexibility index (Phi) is 6.29. The smallest absolute Gasteiger partial charge is 0.0644 e. The monoisotopic (exact) mass is 189 g/mol. The molecule has 13 heavy (non-hydrogen) atoms. The molecule has 0 bridgehead atoms. The van der Waals surface area contributed by atoms with Crippen molar-refractivity contribution >= 4 is 0 Å². The maximum absolute atomic E-state index is 5.48. The Balaban J connectivity index is 3.35. The molecule has 3 heteroatoms. The molecule has 1 unspecified atom stereocenters. The van der Waals surface area contributed by atoms with Gasteiger partial charge in [-0.1, -0.05) is 0 Å². The molecule has 0 aliphatic heterocycles. The van der Waals surface area contributed by atoms with Crippen LogP contribution in [0.5, 0.6) is 0 Å². The zero-order valence-corrected chi connectivity index (χ0v) is 9.52.